The van der Waals surface area contributed by atoms with Crippen molar-refractivity contribution in [2.24, 2.45) is 0 Å². The van der Waals surface area contributed by atoms with Gasteiger partial charge in [0.15, 0.2) is 11.7 Å². The van der Waals surface area contributed by atoms with Crippen LogP contribution >= 0.6 is 12.2 Å². The molecule has 0 heterocycles. The van der Waals surface area contributed by atoms with Crippen LogP contribution in [-0.2, 0) is 4.79 Å². The highest BCUT2D eigenvalue weighted by molar-refractivity contribution is 7.80. The van der Waals surface area contributed by atoms with Crippen LogP contribution in [0.1, 0.15) is 16.7 Å². The molecule has 0 bridgehead atoms. The molecule has 24 heavy (non-hydrogen) atoms. The zero-order valence-corrected chi connectivity index (χ0v) is 14.7. The minimum atomic E-state index is -0.377. The first-order valence-electron chi connectivity index (χ1n) is 7.45. The Kier molecular flexibility index (Phi) is 5.76. The number of anilines is 1. The number of hydrogen-bond donors (Lipinski definition) is 3. The summed E-state index contributed by atoms with van der Waals surface area (Å²) < 4.78 is 5.41. The smallest absolute Gasteiger partial charge is 0.264 e. The Morgan fingerprint density at radius 3 is 2.58 bits per heavy atom. The van der Waals surface area contributed by atoms with Gasteiger partial charge in [0.05, 0.1) is 5.69 Å². The molecule has 2 rings (SSSR count). The minimum absolute atomic E-state index is 0.0747. The molecule has 5 nitrogen and oxygen atoms in total. The number of ether oxygens (including phenoxy) is 1. The predicted molar refractivity (Wildman–Crippen MR) is 98.6 cm³/mol. The Morgan fingerprint density at radius 1 is 1.17 bits per heavy atom. The quantitative estimate of drug-likeness (QED) is 0.587. The van der Waals surface area contributed by atoms with Crippen molar-refractivity contribution >= 4 is 28.9 Å². The molecule has 6 heteroatoms. The van der Waals surface area contributed by atoms with E-state index in [-0.39, 0.29) is 23.4 Å². The maximum absolute atomic E-state index is 11.9. The van der Waals surface area contributed by atoms with Crippen molar-refractivity contribution in [2.75, 3.05) is 11.9 Å². The van der Waals surface area contributed by atoms with Crippen molar-refractivity contribution in [1.82, 2.24) is 5.32 Å². The highest BCUT2D eigenvalue weighted by Crippen LogP contribution is 2.26. The first-order chi connectivity index (χ1) is 11.3. The van der Waals surface area contributed by atoms with Crippen LogP contribution in [-0.4, -0.2) is 22.7 Å². The first kappa shape index (κ1) is 17.7. The molecule has 2 aromatic carbocycles. The third kappa shape index (κ3) is 4.96. The third-order valence-electron chi connectivity index (χ3n) is 3.47. The van der Waals surface area contributed by atoms with Gasteiger partial charge in [-0.25, -0.2) is 0 Å². The average molecular weight is 344 g/mol. The molecule has 3 N–H and O–H groups in total. The van der Waals surface area contributed by atoms with E-state index in [0.29, 0.717) is 11.4 Å². The average Bonchev–Trinajstić information content (AvgIpc) is 2.50. The van der Waals surface area contributed by atoms with Crippen LogP contribution in [0.15, 0.2) is 36.4 Å². The molecule has 0 aliphatic heterocycles. The second-order valence-electron chi connectivity index (χ2n) is 5.56. The summed E-state index contributed by atoms with van der Waals surface area (Å²) in [5.41, 5.74) is 3.48. The normalized spacial score (nSPS) is 10.1. The van der Waals surface area contributed by atoms with Crippen molar-refractivity contribution in [1.29, 1.82) is 0 Å². The summed E-state index contributed by atoms with van der Waals surface area (Å²) in [5, 5.41) is 15.4. The SMILES string of the molecule is Cc1cccc(OCC(=O)NC(=S)Nc2cc(C)c(C)cc2O)c1. The number of benzene rings is 2. The summed E-state index contributed by atoms with van der Waals surface area (Å²) in [4.78, 5) is 11.9. The van der Waals surface area contributed by atoms with Gasteiger partial charge in [-0.3, -0.25) is 10.1 Å². The maximum Gasteiger partial charge on any atom is 0.264 e. The largest absolute Gasteiger partial charge is 0.506 e. The molecule has 0 atom stereocenters. The van der Waals surface area contributed by atoms with E-state index in [4.69, 9.17) is 17.0 Å². The van der Waals surface area contributed by atoms with Gasteiger partial charge in [0, 0.05) is 0 Å². The molecule has 0 aliphatic carbocycles. The Morgan fingerprint density at radius 2 is 1.88 bits per heavy atom. The molecule has 0 aromatic heterocycles. The van der Waals surface area contributed by atoms with Gasteiger partial charge in [-0.05, 0) is 73.9 Å². The zero-order chi connectivity index (χ0) is 17.7. The van der Waals surface area contributed by atoms with Gasteiger partial charge in [0.2, 0.25) is 0 Å². The third-order valence-corrected chi connectivity index (χ3v) is 3.68. The van der Waals surface area contributed by atoms with E-state index in [2.05, 4.69) is 10.6 Å². The zero-order valence-electron chi connectivity index (χ0n) is 13.8. The monoisotopic (exact) mass is 344 g/mol. The van der Waals surface area contributed by atoms with E-state index in [1.807, 2.05) is 39.0 Å². The number of aromatic hydroxyl groups is 1. The maximum atomic E-state index is 11.9. The van der Waals surface area contributed by atoms with E-state index in [0.717, 1.165) is 16.7 Å². The Bertz CT molecular complexity index is 775. The molecule has 0 aliphatic rings. The van der Waals surface area contributed by atoms with Gasteiger partial charge in [0.25, 0.3) is 5.91 Å². The molecular weight excluding hydrogens is 324 g/mol. The van der Waals surface area contributed by atoms with Crippen LogP contribution in [0.25, 0.3) is 0 Å². The number of carbonyl (C=O) groups is 1. The minimum Gasteiger partial charge on any atom is -0.506 e. The van der Waals surface area contributed by atoms with Gasteiger partial charge in [-0.2, -0.15) is 0 Å². The van der Waals surface area contributed by atoms with Crippen molar-refractivity contribution in [3.63, 3.8) is 0 Å². The van der Waals surface area contributed by atoms with Crippen LogP contribution < -0.4 is 15.4 Å². The number of aryl methyl sites for hydroxylation is 3. The fraction of sp³-hybridized carbons (Fsp3) is 0.222. The van der Waals surface area contributed by atoms with Crippen LogP contribution in [0.2, 0.25) is 0 Å². The number of rotatable bonds is 4. The van der Waals surface area contributed by atoms with Crippen molar-refractivity contribution < 1.29 is 14.6 Å². The Labute approximate surface area is 146 Å². The topological polar surface area (TPSA) is 70.6 Å². The summed E-state index contributed by atoms with van der Waals surface area (Å²) in [6.45, 7) is 5.63. The number of thiocarbonyl (C=S) groups is 1. The molecule has 0 spiro atoms. The lowest BCUT2D eigenvalue weighted by Gasteiger charge is -2.13. The molecule has 0 unspecified atom stereocenters. The molecule has 0 saturated heterocycles. The predicted octanol–water partition coefficient (Wildman–Crippen LogP) is 3.21. The fourth-order valence-electron chi connectivity index (χ4n) is 2.07. The molecule has 1 amide bonds. The number of amides is 1. The highest BCUT2D eigenvalue weighted by atomic mass is 32.1. The number of nitrogens with one attached hydrogen (secondary N) is 2. The first-order valence-corrected chi connectivity index (χ1v) is 7.86. The lowest BCUT2D eigenvalue weighted by molar-refractivity contribution is -0.121. The number of phenolic OH excluding ortho intramolecular Hbond substituents is 1. The van der Waals surface area contributed by atoms with Gasteiger partial charge < -0.3 is 15.2 Å². The molecule has 2 aromatic rings. The van der Waals surface area contributed by atoms with Gasteiger partial charge in [-0.1, -0.05) is 12.1 Å². The number of carbonyl (C=O) groups excluding carboxylic acids is 1. The van der Waals surface area contributed by atoms with E-state index < -0.39 is 0 Å². The lowest BCUT2D eigenvalue weighted by Crippen LogP contribution is -2.37. The standard InChI is InChI=1S/C18H20N2O3S/c1-11-5-4-6-14(7-11)23-10-17(22)20-18(24)19-15-8-12(2)13(3)9-16(15)21/h4-9,21H,10H2,1-3H3,(H2,19,20,22,24). The Hall–Kier alpha value is -2.60. The number of hydrogen-bond acceptors (Lipinski definition) is 4. The van der Waals surface area contributed by atoms with Gasteiger partial charge in [0.1, 0.15) is 11.5 Å². The van der Waals surface area contributed by atoms with Crippen molar-refractivity contribution in [2.45, 2.75) is 20.8 Å². The summed E-state index contributed by atoms with van der Waals surface area (Å²) >= 11 is 5.09. The summed E-state index contributed by atoms with van der Waals surface area (Å²) in [6, 6.07) is 10.8. The Balaban J connectivity index is 1.88. The molecule has 0 fully saturated rings. The molecule has 126 valence electrons. The molecule has 0 saturated carbocycles. The van der Waals surface area contributed by atoms with Crippen LogP contribution in [0, 0.1) is 20.8 Å². The second-order valence-corrected chi connectivity index (χ2v) is 5.97. The number of phenols is 1. The van der Waals surface area contributed by atoms with Crippen molar-refractivity contribution in [3.8, 4) is 11.5 Å². The highest BCUT2D eigenvalue weighted by Gasteiger charge is 2.09. The van der Waals surface area contributed by atoms with E-state index in [9.17, 15) is 9.90 Å². The lowest BCUT2D eigenvalue weighted by atomic mass is 10.1. The molecular formula is C18H20N2O3S. The van der Waals surface area contributed by atoms with Crippen molar-refractivity contribution in [3.05, 3.63) is 53.1 Å². The second kappa shape index (κ2) is 7.79. The van der Waals surface area contributed by atoms with Gasteiger partial charge >= 0.3 is 0 Å². The summed E-state index contributed by atoms with van der Waals surface area (Å²) in [6.07, 6.45) is 0. The summed E-state index contributed by atoms with van der Waals surface area (Å²) in [7, 11) is 0. The van der Waals surface area contributed by atoms with Gasteiger partial charge in [-0.15, -0.1) is 0 Å². The van der Waals surface area contributed by atoms with Crippen LogP contribution in [0.5, 0.6) is 11.5 Å². The van der Waals surface area contributed by atoms with E-state index in [1.54, 1.807) is 18.2 Å². The van der Waals surface area contributed by atoms with E-state index in [1.165, 1.54) is 0 Å². The van der Waals surface area contributed by atoms with E-state index >= 15 is 0 Å². The molecule has 0 radical (unpaired) electrons. The van der Waals surface area contributed by atoms with Crippen LogP contribution in [0.3, 0.4) is 0 Å². The van der Waals surface area contributed by atoms with Crippen LogP contribution in [0.4, 0.5) is 5.69 Å². The summed E-state index contributed by atoms with van der Waals surface area (Å²) in [5.74, 6) is 0.318. The fourth-order valence-corrected chi connectivity index (χ4v) is 2.30.